The van der Waals surface area contributed by atoms with Crippen LogP contribution in [0.4, 0.5) is 17.6 Å². The molecule has 2 aliphatic heterocycles. The number of fused-ring (bicyclic) bond motifs is 1. The maximum absolute atomic E-state index is 14.6. The minimum Gasteiger partial charge on any atom is -0.495 e. The molecule has 2 aliphatic rings. The minimum absolute atomic E-state index is 0.108. The molecule has 0 N–H and O–H groups in total. The van der Waals surface area contributed by atoms with E-state index in [9.17, 15) is 17.6 Å². The number of hydrogen-bond acceptors (Lipinski definition) is 4. The summed E-state index contributed by atoms with van der Waals surface area (Å²) in [7, 11) is 1.53. The Kier molecular flexibility index (Phi) is 6.21. The van der Waals surface area contributed by atoms with Crippen LogP contribution in [0.25, 0.3) is 28.3 Å². The summed E-state index contributed by atoms with van der Waals surface area (Å²) in [4.78, 5) is 4.25. The first-order valence-corrected chi connectivity index (χ1v) is 11.9. The quantitative estimate of drug-likeness (QED) is 0.228. The van der Waals surface area contributed by atoms with Gasteiger partial charge < -0.3 is 13.9 Å². The molecule has 0 fully saturated rings. The van der Waals surface area contributed by atoms with Crippen molar-refractivity contribution in [1.29, 1.82) is 0 Å². The summed E-state index contributed by atoms with van der Waals surface area (Å²) in [5, 5.41) is 8.61. The average molecular weight is 524 g/mol. The van der Waals surface area contributed by atoms with Crippen molar-refractivity contribution in [2.45, 2.75) is 39.7 Å². The highest BCUT2D eigenvalue weighted by Crippen LogP contribution is 2.40. The van der Waals surface area contributed by atoms with E-state index in [1.807, 2.05) is 23.8 Å². The number of nitrogens with zero attached hydrogens (tertiary/aromatic N) is 5. The number of ether oxygens (including phenoxy) is 1. The molecule has 0 aliphatic carbocycles. The molecule has 0 amide bonds. The van der Waals surface area contributed by atoms with E-state index < -0.39 is 23.6 Å². The number of halogens is 4. The molecule has 196 valence electrons. The number of aromatic nitrogens is 5. The van der Waals surface area contributed by atoms with Crippen LogP contribution in [0.5, 0.6) is 5.75 Å². The lowest BCUT2D eigenvalue weighted by molar-refractivity contribution is 0.0167. The Morgan fingerprint density at radius 3 is 2.29 bits per heavy atom. The Balaban J connectivity index is 1.65. The van der Waals surface area contributed by atoms with Crippen molar-refractivity contribution in [3.63, 3.8) is 0 Å². The molecule has 0 spiro atoms. The van der Waals surface area contributed by atoms with Crippen LogP contribution < -0.4 is 4.74 Å². The predicted molar refractivity (Wildman–Crippen MR) is 135 cm³/mol. The van der Waals surface area contributed by atoms with Gasteiger partial charge in [-0.1, -0.05) is 6.07 Å². The highest BCUT2D eigenvalue weighted by Gasteiger charge is 2.31. The van der Waals surface area contributed by atoms with Crippen LogP contribution in [0.1, 0.15) is 42.3 Å². The molecule has 1 atom stereocenters. The van der Waals surface area contributed by atoms with Gasteiger partial charge in [-0.3, -0.25) is 0 Å². The molecule has 2 aromatic carbocycles. The molecular formula is C28H25F4N5O. The van der Waals surface area contributed by atoms with Crippen molar-refractivity contribution in [3.05, 3.63) is 89.1 Å². The lowest BCUT2D eigenvalue weighted by Crippen LogP contribution is -2.16. The van der Waals surface area contributed by atoms with E-state index in [2.05, 4.69) is 15.2 Å². The molecule has 6 nitrogen and oxygen atoms in total. The zero-order valence-electron chi connectivity index (χ0n) is 21.4. The number of hydrogen-bond donors (Lipinski definition) is 0. The molecule has 0 saturated carbocycles. The first-order chi connectivity index (χ1) is 18.0. The van der Waals surface area contributed by atoms with Gasteiger partial charge in [-0.2, -0.15) is 0 Å². The second-order valence-electron chi connectivity index (χ2n) is 9.40. The van der Waals surface area contributed by atoms with Crippen LogP contribution in [0.3, 0.4) is 0 Å². The largest absolute Gasteiger partial charge is 0.495 e. The van der Waals surface area contributed by atoms with Crippen molar-refractivity contribution in [2.24, 2.45) is 0 Å². The van der Waals surface area contributed by atoms with Gasteiger partial charge in [0.15, 0.2) is 5.82 Å². The number of aryl methyl sites for hydroxylation is 1. The summed E-state index contributed by atoms with van der Waals surface area (Å²) < 4.78 is 66.8. The molecule has 38 heavy (non-hydrogen) atoms. The number of alkyl halides is 2. The maximum Gasteiger partial charge on any atom is 0.271 e. The molecule has 5 rings (SSSR count). The fourth-order valence-electron chi connectivity index (χ4n) is 4.44. The molecule has 0 saturated heterocycles. The van der Waals surface area contributed by atoms with Crippen molar-refractivity contribution in [3.8, 4) is 34.1 Å². The summed E-state index contributed by atoms with van der Waals surface area (Å²) >= 11 is 0. The Labute approximate surface area is 216 Å². The molecule has 0 radical (unpaired) electrons. The number of rotatable bonds is 6. The van der Waals surface area contributed by atoms with E-state index in [1.54, 1.807) is 25.4 Å². The van der Waals surface area contributed by atoms with E-state index in [4.69, 9.17) is 4.74 Å². The fraction of sp³-hybridized carbons (Fsp3) is 0.250. The second-order valence-corrected chi connectivity index (χ2v) is 9.40. The second kappa shape index (κ2) is 9.27. The van der Waals surface area contributed by atoms with Gasteiger partial charge in [-0.25, -0.2) is 22.5 Å². The van der Waals surface area contributed by atoms with Gasteiger partial charge in [0, 0.05) is 41.6 Å². The lowest BCUT2D eigenvalue weighted by Gasteiger charge is -2.23. The number of imidazole rings is 1. The molecule has 3 heterocycles. The van der Waals surface area contributed by atoms with Gasteiger partial charge in [0.2, 0.25) is 0 Å². The van der Waals surface area contributed by atoms with Gasteiger partial charge in [0.05, 0.1) is 30.9 Å². The van der Waals surface area contributed by atoms with Crippen LogP contribution in [0, 0.1) is 25.5 Å². The third-order valence-electron chi connectivity index (χ3n) is 6.72. The summed E-state index contributed by atoms with van der Waals surface area (Å²) in [6.45, 7) is 5.67. The summed E-state index contributed by atoms with van der Waals surface area (Å²) in [6, 6.07) is 8.42. The van der Waals surface area contributed by atoms with Crippen LogP contribution in [0.15, 0.2) is 55.1 Å². The molecule has 3 aromatic rings. The fourth-order valence-corrected chi connectivity index (χ4v) is 4.44. The van der Waals surface area contributed by atoms with E-state index in [-0.39, 0.29) is 16.7 Å². The van der Waals surface area contributed by atoms with Gasteiger partial charge in [-0.15, -0.1) is 10.2 Å². The van der Waals surface area contributed by atoms with Crippen LogP contribution in [0.2, 0.25) is 0 Å². The Morgan fingerprint density at radius 1 is 0.974 bits per heavy atom. The van der Waals surface area contributed by atoms with Gasteiger partial charge in [-0.05, 0) is 56.7 Å². The van der Waals surface area contributed by atoms with E-state index >= 15 is 0 Å². The molecular weight excluding hydrogens is 498 g/mol. The van der Waals surface area contributed by atoms with Gasteiger partial charge in [0.25, 0.3) is 5.92 Å². The van der Waals surface area contributed by atoms with Gasteiger partial charge >= 0.3 is 0 Å². The van der Waals surface area contributed by atoms with E-state index in [0.717, 1.165) is 18.3 Å². The smallest absolute Gasteiger partial charge is 0.271 e. The normalized spacial score (nSPS) is 12.8. The van der Waals surface area contributed by atoms with Crippen LogP contribution in [-0.4, -0.2) is 31.4 Å². The van der Waals surface area contributed by atoms with Crippen LogP contribution >= 0.6 is 0 Å². The number of benzene rings is 2. The summed E-state index contributed by atoms with van der Waals surface area (Å²) in [6.07, 6.45) is 4.78. The Morgan fingerprint density at radius 2 is 1.68 bits per heavy atom. The molecule has 10 heteroatoms. The first-order valence-electron chi connectivity index (χ1n) is 11.9. The monoisotopic (exact) mass is 523 g/mol. The van der Waals surface area contributed by atoms with Crippen LogP contribution in [-0.2, 0) is 5.92 Å². The molecule has 1 unspecified atom stereocenters. The van der Waals surface area contributed by atoms with Crippen molar-refractivity contribution in [2.75, 3.05) is 7.11 Å². The highest BCUT2D eigenvalue weighted by molar-refractivity contribution is 5.80. The van der Waals surface area contributed by atoms with E-state index in [0.29, 0.717) is 28.4 Å². The van der Waals surface area contributed by atoms with Crippen molar-refractivity contribution in [1.82, 2.24) is 24.3 Å². The standard InChI is InChI=1S/C28H25F4N5O/c1-15-12-36(14-33-15)24-7-6-18(10-25(24)38-5)26-21-11-20(28(4,31)32)13-37(27(21)35-34-26)17(3)19-8-22(29)16(2)23(30)9-19/h6-14,17H,1-5H3. The number of pyridine rings is 1. The highest BCUT2D eigenvalue weighted by atomic mass is 19.3. The third kappa shape index (κ3) is 4.40. The lowest BCUT2D eigenvalue weighted by atomic mass is 9.99. The Hall–Kier alpha value is -4.21. The minimum atomic E-state index is -3.19. The Bertz CT molecular complexity index is 1600. The average Bonchev–Trinajstić information content (AvgIpc) is 3.51. The third-order valence-corrected chi connectivity index (χ3v) is 6.72. The van der Waals surface area contributed by atoms with Crippen molar-refractivity contribution >= 4 is 0 Å². The maximum atomic E-state index is 14.6. The zero-order valence-corrected chi connectivity index (χ0v) is 21.4. The SMILES string of the molecule is COc1cc(-c2nnc3n(C(C)c4cc(F)c(C)c(F)c4)cc(C(C)(F)F)cc2-3)ccc1-n1cnc(C)c1. The molecule has 0 bridgehead atoms. The topological polar surface area (TPSA) is 57.8 Å². The zero-order chi connectivity index (χ0) is 27.4. The molecule has 1 aromatic heterocycles. The predicted octanol–water partition coefficient (Wildman–Crippen LogP) is 6.86. The van der Waals surface area contributed by atoms with Gasteiger partial charge in [0.1, 0.15) is 23.1 Å². The van der Waals surface area contributed by atoms with Crippen molar-refractivity contribution < 1.29 is 22.3 Å². The van der Waals surface area contributed by atoms with E-state index in [1.165, 1.54) is 43.0 Å². The first kappa shape index (κ1) is 25.4. The summed E-state index contributed by atoms with van der Waals surface area (Å²) in [5.74, 6) is -3.78. The summed E-state index contributed by atoms with van der Waals surface area (Å²) in [5.41, 5.74) is 2.82. The number of methoxy groups -OCH3 is 1.